The van der Waals surface area contributed by atoms with Gasteiger partial charge in [-0.15, -0.1) is 5.10 Å². The van der Waals surface area contributed by atoms with Gasteiger partial charge in [0.2, 0.25) is 0 Å². The minimum absolute atomic E-state index is 0.0336. The number of carbonyl (C=O) groups is 1. The topological polar surface area (TPSA) is 111 Å². The van der Waals surface area contributed by atoms with Crippen molar-refractivity contribution in [1.29, 1.82) is 0 Å². The van der Waals surface area contributed by atoms with Gasteiger partial charge in [0, 0.05) is 23.3 Å². The fourth-order valence-electron chi connectivity index (χ4n) is 3.39. The SMILES string of the molecule is Cc1cc2cc(C(=O)N(Cc3ccc(C(F)F)nn3)C(C)c3ncccn3)ccc2nc1N. The van der Waals surface area contributed by atoms with Crippen LogP contribution < -0.4 is 5.73 Å². The highest BCUT2D eigenvalue weighted by Gasteiger charge is 2.26. The maximum absolute atomic E-state index is 13.6. The average Bonchev–Trinajstić information content (AvgIpc) is 2.83. The Bertz CT molecular complexity index is 1280. The van der Waals surface area contributed by atoms with Crippen molar-refractivity contribution in [3.8, 4) is 0 Å². The molecule has 0 spiro atoms. The number of hydrogen-bond acceptors (Lipinski definition) is 7. The summed E-state index contributed by atoms with van der Waals surface area (Å²) < 4.78 is 25.7. The predicted octanol–water partition coefficient (Wildman–Crippen LogP) is 4.05. The smallest absolute Gasteiger partial charge is 0.282 e. The predicted molar refractivity (Wildman–Crippen MR) is 118 cm³/mol. The number of anilines is 1. The number of nitrogen functional groups attached to an aromatic ring is 1. The summed E-state index contributed by atoms with van der Waals surface area (Å²) >= 11 is 0. The molecule has 1 aromatic carbocycles. The number of carbonyl (C=O) groups excluding carboxylic acids is 1. The Morgan fingerprint density at radius 2 is 1.85 bits per heavy atom. The molecule has 0 aliphatic carbocycles. The summed E-state index contributed by atoms with van der Waals surface area (Å²) in [5.41, 5.74) is 7.74. The molecule has 3 aromatic heterocycles. The van der Waals surface area contributed by atoms with E-state index < -0.39 is 18.2 Å². The fraction of sp³-hybridized carbons (Fsp3) is 0.217. The van der Waals surface area contributed by atoms with Crippen molar-refractivity contribution in [2.24, 2.45) is 0 Å². The number of nitrogens with zero attached hydrogens (tertiary/aromatic N) is 6. The summed E-state index contributed by atoms with van der Waals surface area (Å²) in [7, 11) is 0. The maximum Gasteiger partial charge on any atom is 0.282 e. The molecule has 4 aromatic rings. The summed E-state index contributed by atoms with van der Waals surface area (Å²) in [6.07, 6.45) is 0.464. The van der Waals surface area contributed by atoms with Crippen LogP contribution in [0.5, 0.6) is 0 Å². The Morgan fingerprint density at radius 3 is 2.52 bits per heavy atom. The highest BCUT2D eigenvalue weighted by atomic mass is 19.3. The molecule has 1 atom stereocenters. The summed E-state index contributed by atoms with van der Waals surface area (Å²) in [6.45, 7) is 3.67. The van der Waals surface area contributed by atoms with Gasteiger partial charge in [-0.25, -0.2) is 23.7 Å². The van der Waals surface area contributed by atoms with Crippen LogP contribution in [-0.4, -0.2) is 36.0 Å². The van der Waals surface area contributed by atoms with Gasteiger partial charge in [0.05, 0.1) is 23.8 Å². The number of aromatic nitrogens is 5. The minimum atomic E-state index is -2.72. The van der Waals surface area contributed by atoms with Gasteiger partial charge in [-0.3, -0.25) is 4.79 Å². The first kappa shape index (κ1) is 22.1. The van der Waals surface area contributed by atoms with E-state index in [1.807, 2.05) is 13.0 Å². The van der Waals surface area contributed by atoms with E-state index in [4.69, 9.17) is 5.73 Å². The number of fused-ring (bicyclic) bond motifs is 1. The molecule has 0 aliphatic rings. The molecule has 10 heteroatoms. The van der Waals surface area contributed by atoms with Gasteiger partial charge in [-0.2, -0.15) is 5.10 Å². The van der Waals surface area contributed by atoms with E-state index >= 15 is 0 Å². The molecule has 1 amide bonds. The third-order valence-electron chi connectivity index (χ3n) is 5.28. The van der Waals surface area contributed by atoms with Crippen molar-refractivity contribution < 1.29 is 13.6 Å². The number of pyridine rings is 1. The Balaban J connectivity index is 1.70. The van der Waals surface area contributed by atoms with Gasteiger partial charge in [0.1, 0.15) is 17.3 Å². The lowest BCUT2D eigenvalue weighted by Crippen LogP contribution is -2.34. The van der Waals surface area contributed by atoms with E-state index in [-0.39, 0.29) is 12.5 Å². The number of hydrogen-bond donors (Lipinski definition) is 1. The van der Waals surface area contributed by atoms with Crippen molar-refractivity contribution in [2.45, 2.75) is 32.9 Å². The van der Waals surface area contributed by atoms with Crippen LogP contribution in [0.25, 0.3) is 10.9 Å². The third-order valence-corrected chi connectivity index (χ3v) is 5.28. The molecule has 4 rings (SSSR count). The van der Waals surface area contributed by atoms with Gasteiger partial charge < -0.3 is 10.6 Å². The number of aryl methyl sites for hydroxylation is 1. The van der Waals surface area contributed by atoms with Gasteiger partial charge >= 0.3 is 0 Å². The molecule has 1 unspecified atom stereocenters. The van der Waals surface area contributed by atoms with Crippen LogP contribution >= 0.6 is 0 Å². The van der Waals surface area contributed by atoms with Gasteiger partial charge in [0.25, 0.3) is 12.3 Å². The van der Waals surface area contributed by atoms with E-state index in [2.05, 4.69) is 25.1 Å². The second kappa shape index (κ2) is 9.19. The van der Waals surface area contributed by atoms with E-state index in [9.17, 15) is 13.6 Å². The number of nitrogens with two attached hydrogens (primary N) is 1. The Labute approximate surface area is 188 Å². The zero-order chi connectivity index (χ0) is 23.5. The minimum Gasteiger partial charge on any atom is -0.383 e. The molecule has 3 heterocycles. The van der Waals surface area contributed by atoms with Gasteiger partial charge in [-0.05, 0) is 61.9 Å². The standard InChI is InChI=1S/C23H21F2N7O/c1-13-10-16-11-15(4-6-18(16)29-21(13)26)23(33)32(14(2)22-27-8-3-9-28-22)12-17-5-7-19(20(24)25)31-30-17/h3-11,14,20H,12H2,1-2H3,(H2,26,29). The number of benzene rings is 1. The van der Waals surface area contributed by atoms with Gasteiger partial charge in [0.15, 0.2) is 0 Å². The number of halogens is 2. The molecular formula is C23H21F2N7O. The van der Waals surface area contributed by atoms with Crippen LogP contribution in [0.15, 0.2) is 54.9 Å². The second-order valence-electron chi connectivity index (χ2n) is 7.56. The molecule has 0 saturated heterocycles. The first-order valence-electron chi connectivity index (χ1n) is 10.2. The van der Waals surface area contributed by atoms with Crippen LogP contribution in [0.1, 0.15) is 52.5 Å². The van der Waals surface area contributed by atoms with Crippen LogP contribution in [0, 0.1) is 6.92 Å². The number of amides is 1. The monoisotopic (exact) mass is 449 g/mol. The molecule has 0 aliphatic heterocycles. The zero-order valence-corrected chi connectivity index (χ0v) is 18.0. The molecular weight excluding hydrogens is 428 g/mol. The first-order chi connectivity index (χ1) is 15.8. The summed E-state index contributed by atoms with van der Waals surface area (Å²) in [5, 5.41) is 8.21. The normalized spacial score (nSPS) is 12.2. The van der Waals surface area contributed by atoms with E-state index in [1.165, 1.54) is 17.0 Å². The quantitative estimate of drug-likeness (QED) is 0.473. The summed E-state index contributed by atoms with van der Waals surface area (Å²) in [6, 6.07) is 10.8. The molecule has 0 fully saturated rings. The molecule has 33 heavy (non-hydrogen) atoms. The van der Waals surface area contributed by atoms with Crippen LogP contribution in [-0.2, 0) is 6.54 Å². The van der Waals surface area contributed by atoms with Crippen LogP contribution in [0.3, 0.4) is 0 Å². The Morgan fingerprint density at radius 1 is 1.09 bits per heavy atom. The average molecular weight is 449 g/mol. The highest BCUT2D eigenvalue weighted by Crippen LogP contribution is 2.25. The zero-order valence-electron chi connectivity index (χ0n) is 18.0. The maximum atomic E-state index is 13.6. The van der Waals surface area contributed by atoms with Gasteiger partial charge in [-0.1, -0.05) is 0 Å². The largest absolute Gasteiger partial charge is 0.383 e. The molecule has 8 nitrogen and oxygen atoms in total. The van der Waals surface area contributed by atoms with Crippen LogP contribution in [0.2, 0.25) is 0 Å². The second-order valence-corrected chi connectivity index (χ2v) is 7.56. The van der Waals surface area contributed by atoms with E-state index in [0.29, 0.717) is 28.4 Å². The van der Waals surface area contributed by atoms with Crippen LogP contribution in [0.4, 0.5) is 14.6 Å². The van der Waals surface area contributed by atoms with Crippen molar-refractivity contribution in [3.05, 3.63) is 83.2 Å². The lowest BCUT2D eigenvalue weighted by molar-refractivity contribution is 0.0662. The van der Waals surface area contributed by atoms with E-state index in [1.54, 1.807) is 43.6 Å². The molecule has 0 radical (unpaired) electrons. The lowest BCUT2D eigenvalue weighted by Gasteiger charge is -2.28. The highest BCUT2D eigenvalue weighted by molar-refractivity contribution is 5.98. The lowest BCUT2D eigenvalue weighted by atomic mass is 10.1. The summed E-state index contributed by atoms with van der Waals surface area (Å²) in [5.74, 6) is 0.573. The third kappa shape index (κ3) is 4.74. The fourth-order valence-corrected chi connectivity index (χ4v) is 3.39. The van der Waals surface area contributed by atoms with Crippen molar-refractivity contribution in [1.82, 2.24) is 30.0 Å². The van der Waals surface area contributed by atoms with Crippen molar-refractivity contribution in [3.63, 3.8) is 0 Å². The summed E-state index contributed by atoms with van der Waals surface area (Å²) in [4.78, 5) is 28.0. The number of rotatable bonds is 6. The Hall–Kier alpha value is -4.08. The molecule has 2 N–H and O–H groups in total. The van der Waals surface area contributed by atoms with Crippen molar-refractivity contribution >= 4 is 22.6 Å². The molecule has 0 saturated carbocycles. The Kier molecular flexibility index (Phi) is 6.16. The van der Waals surface area contributed by atoms with Crippen molar-refractivity contribution in [2.75, 3.05) is 5.73 Å². The van der Waals surface area contributed by atoms with E-state index in [0.717, 1.165) is 10.9 Å². The molecule has 0 bridgehead atoms. The first-order valence-corrected chi connectivity index (χ1v) is 10.2. The number of alkyl halides is 2. The molecule has 168 valence electrons.